The number of benzene rings is 2. The largest absolute Gasteiger partial charge is 0.507 e. The fourth-order valence-corrected chi connectivity index (χ4v) is 3.75. The third-order valence-corrected chi connectivity index (χ3v) is 5.34. The molecule has 1 amide bonds. The summed E-state index contributed by atoms with van der Waals surface area (Å²) >= 11 is 0. The Morgan fingerprint density at radius 1 is 1.12 bits per heavy atom. The maximum absolute atomic E-state index is 13.1. The van der Waals surface area contributed by atoms with Crippen molar-refractivity contribution in [1.82, 2.24) is 9.80 Å². The molecule has 174 valence electrons. The van der Waals surface area contributed by atoms with E-state index in [1.807, 2.05) is 44.1 Å². The van der Waals surface area contributed by atoms with Gasteiger partial charge in [-0.05, 0) is 51.4 Å². The van der Waals surface area contributed by atoms with E-state index in [2.05, 4.69) is 6.58 Å². The summed E-state index contributed by atoms with van der Waals surface area (Å²) in [5.41, 5.74) is 1.13. The van der Waals surface area contributed by atoms with Crippen molar-refractivity contribution >= 4 is 17.4 Å². The third kappa shape index (κ3) is 5.26. The van der Waals surface area contributed by atoms with E-state index in [-0.39, 0.29) is 11.3 Å². The first-order chi connectivity index (χ1) is 15.9. The van der Waals surface area contributed by atoms with E-state index in [1.165, 1.54) is 4.90 Å². The third-order valence-electron chi connectivity index (χ3n) is 5.34. The molecule has 0 radical (unpaired) electrons. The van der Waals surface area contributed by atoms with Crippen LogP contribution in [0.15, 0.2) is 66.8 Å². The van der Waals surface area contributed by atoms with Gasteiger partial charge in [-0.2, -0.15) is 0 Å². The fourth-order valence-electron chi connectivity index (χ4n) is 3.75. The van der Waals surface area contributed by atoms with Crippen LogP contribution in [0, 0.1) is 0 Å². The molecule has 2 aromatic carbocycles. The highest BCUT2D eigenvalue weighted by Gasteiger charge is 2.46. The minimum atomic E-state index is -0.760. The average Bonchev–Trinajstić information content (AvgIpc) is 3.06. The standard InChI is InChI=1S/C26H30N2O5/c1-5-17-33-19-13-11-18(12-14-19)24(29)22-23(20-9-7-8-10-21(20)32-6-2)28(16-15-27(3)4)26(31)25(22)30/h5,7-14,23,29H,1,6,15-17H2,2-4H3/b24-22+. The Hall–Kier alpha value is -3.58. The number of likely N-dealkylation sites (N-methyl/N-ethyl adjacent to an activating group) is 1. The van der Waals surface area contributed by atoms with Crippen LogP contribution in [0.1, 0.15) is 24.1 Å². The predicted molar refractivity (Wildman–Crippen MR) is 127 cm³/mol. The number of para-hydroxylation sites is 1. The molecule has 33 heavy (non-hydrogen) atoms. The highest BCUT2D eigenvalue weighted by Crippen LogP contribution is 2.42. The number of likely N-dealkylation sites (tertiary alicyclic amines) is 1. The van der Waals surface area contributed by atoms with Gasteiger partial charge in [-0.25, -0.2) is 0 Å². The van der Waals surface area contributed by atoms with Gasteiger partial charge in [0, 0.05) is 24.2 Å². The molecule has 1 aliphatic rings. The Kier molecular flexibility index (Phi) is 7.90. The van der Waals surface area contributed by atoms with E-state index in [1.54, 1.807) is 36.4 Å². The van der Waals surface area contributed by atoms with Crippen LogP contribution in [0.25, 0.3) is 5.76 Å². The van der Waals surface area contributed by atoms with E-state index in [0.29, 0.717) is 48.9 Å². The first kappa shape index (κ1) is 24.1. The van der Waals surface area contributed by atoms with Gasteiger partial charge in [-0.1, -0.05) is 30.9 Å². The van der Waals surface area contributed by atoms with Crippen molar-refractivity contribution in [1.29, 1.82) is 0 Å². The van der Waals surface area contributed by atoms with Gasteiger partial charge in [0.2, 0.25) is 0 Å². The molecule has 1 saturated heterocycles. The first-order valence-corrected chi connectivity index (χ1v) is 10.9. The molecular weight excluding hydrogens is 420 g/mol. The van der Waals surface area contributed by atoms with Gasteiger partial charge in [0.15, 0.2) is 0 Å². The average molecular weight is 451 g/mol. The van der Waals surface area contributed by atoms with Crippen LogP contribution in [0.3, 0.4) is 0 Å². The number of carbonyl (C=O) groups is 2. The summed E-state index contributed by atoms with van der Waals surface area (Å²) in [7, 11) is 3.80. The molecule has 0 spiro atoms. The molecule has 3 rings (SSSR count). The van der Waals surface area contributed by atoms with Gasteiger partial charge in [-0.3, -0.25) is 9.59 Å². The highest BCUT2D eigenvalue weighted by molar-refractivity contribution is 6.46. The lowest BCUT2D eigenvalue weighted by Gasteiger charge is -2.27. The van der Waals surface area contributed by atoms with E-state index in [0.717, 1.165) is 0 Å². The number of aliphatic hydroxyl groups is 1. The number of hydrogen-bond donors (Lipinski definition) is 1. The van der Waals surface area contributed by atoms with Gasteiger partial charge in [0.05, 0.1) is 18.2 Å². The molecule has 1 heterocycles. The molecule has 1 atom stereocenters. The van der Waals surface area contributed by atoms with Crippen molar-refractivity contribution in [3.63, 3.8) is 0 Å². The van der Waals surface area contributed by atoms with Gasteiger partial charge < -0.3 is 24.4 Å². The minimum Gasteiger partial charge on any atom is -0.507 e. The van der Waals surface area contributed by atoms with Crippen molar-refractivity contribution in [2.75, 3.05) is 40.4 Å². The summed E-state index contributed by atoms with van der Waals surface area (Å²) in [6, 6.07) is 13.2. The maximum Gasteiger partial charge on any atom is 0.295 e. The lowest BCUT2D eigenvalue weighted by molar-refractivity contribution is -0.140. The molecular formula is C26H30N2O5. The Balaban J connectivity index is 2.11. The maximum atomic E-state index is 13.1. The van der Waals surface area contributed by atoms with Crippen molar-refractivity contribution in [2.24, 2.45) is 0 Å². The number of aliphatic hydroxyl groups excluding tert-OH is 1. The normalized spacial score (nSPS) is 17.5. The summed E-state index contributed by atoms with van der Waals surface area (Å²) in [6.07, 6.45) is 1.64. The zero-order valence-corrected chi connectivity index (χ0v) is 19.3. The molecule has 1 unspecified atom stereocenters. The molecule has 0 saturated carbocycles. The van der Waals surface area contributed by atoms with Crippen LogP contribution in [0.4, 0.5) is 0 Å². The van der Waals surface area contributed by atoms with E-state index in [4.69, 9.17) is 9.47 Å². The van der Waals surface area contributed by atoms with E-state index in [9.17, 15) is 14.7 Å². The molecule has 7 nitrogen and oxygen atoms in total. The van der Waals surface area contributed by atoms with Crippen LogP contribution in [0.2, 0.25) is 0 Å². The SMILES string of the molecule is C=CCOc1ccc(/C(O)=C2\C(=O)C(=O)N(CCN(C)C)C2c2ccccc2OCC)cc1. The zero-order valence-electron chi connectivity index (χ0n) is 19.3. The van der Waals surface area contributed by atoms with Crippen LogP contribution >= 0.6 is 0 Å². The van der Waals surface area contributed by atoms with Crippen LogP contribution in [-0.4, -0.2) is 67.0 Å². The topological polar surface area (TPSA) is 79.3 Å². The highest BCUT2D eigenvalue weighted by atomic mass is 16.5. The zero-order chi connectivity index (χ0) is 24.0. The van der Waals surface area contributed by atoms with Crippen molar-refractivity contribution in [2.45, 2.75) is 13.0 Å². The number of nitrogens with zero attached hydrogens (tertiary/aromatic N) is 2. The Morgan fingerprint density at radius 3 is 2.45 bits per heavy atom. The molecule has 1 fully saturated rings. The lowest BCUT2D eigenvalue weighted by atomic mass is 9.94. The second-order valence-corrected chi connectivity index (χ2v) is 7.89. The van der Waals surface area contributed by atoms with Crippen LogP contribution < -0.4 is 9.47 Å². The molecule has 0 aliphatic carbocycles. The van der Waals surface area contributed by atoms with Crippen molar-refractivity contribution in [3.05, 3.63) is 77.9 Å². The second-order valence-electron chi connectivity index (χ2n) is 7.89. The van der Waals surface area contributed by atoms with E-state index < -0.39 is 17.7 Å². The van der Waals surface area contributed by atoms with Crippen molar-refractivity contribution in [3.8, 4) is 11.5 Å². The monoisotopic (exact) mass is 450 g/mol. The molecule has 2 aromatic rings. The first-order valence-electron chi connectivity index (χ1n) is 10.9. The lowest BCUT2D eigenvalue weighted by Crippen LogP contribution is -2.35. The number of ether oxygens (including phenoxy) is 2. The van der Waals surface area contributed by atoms with Crippen LogP contribution in [-0.2, 0) is 9.59 Å². The smallest absolute Gasteiger partial charge is 0.295 e. The Morgan fingerprint density at radius 2 is 1.82 bits per heavy atom. The van der Waals surface area contributed by atoms with E-state index >= 15 is 0 Å². The predicted octanol–water partition coefficient (Wildman–Crippen LogP) is 3.63. The quantitative estimate of drug-likeness (QED) is 0.258. The number of carbonyl (C=O) groups excluding carboxylic acids is 2. The molecule has 1 aliphatic heterocycles. The van der Waals surface area contributed by atoms with Crippen molar-refractivity contribution < 1.29 is 24.2 Å². The van der Waals surface area contributed by atoms with Crippen LogP contribution in [0.5, 0.6) is 11.5 Å². The summed E-state index contributed by atoms with van der Waals surface area (Å²) in [5.74, 6) is -0.403. The summed E-state index contributed by atoms with van der Waals surface area (Å²) in [5, 5.41) is 11.2. The summed E-state index contributed by atoms with van der Waals surface area (Å²) in [4.78, 5) is 29.6. The number of amides is 1. The summed E-state index contributed by atoms with van der Waals surface area (Å²) < 4.78 is 11.3. The number of hydrogen-bond acceptors (Lipinski definition) is 6. The minimum absolute atomic E-state index is 0.0469. The number of rotatable bonds is 10. The van der Waals surface area contributed by atoms with Gasteiger partial charge in [0.25, 0.3) is 11.7 Å². The number of Topliss-reactive ketones (excluding diaryl/α,β-unsaturated/α-hetero) is 1. The van der Waals surface area contributed by atoms with Gasteiger partial charge >= 0.3 is 0 Å². The Labute approximate surface area is 194 Å². The molecule has 0 bridgehead atoms. The van der Waals surface area contributed by atoms with Gasteiger partial charge in [-0.15, -0.1) is 0 Å². The molecule has 1 N–H and O–H groups in total. The molecule has 0 aromatic heterocycles. The molecule has 7 heteroatoms. The second kappa shape index (κ2) is 10.8. The Bertz CT molecular complexity index is 1040. The van der Waals surface area contributed by atoms with Gasteiger partial charge in [0.1, 0.15) is 23.9 Å². The number of ketones is 1. The fraction of sp³-hybridized carbons (Fsp3) is 0.308. The summed E-state index contributed by atoms with van der Waals surface area (Å²) in [6.45, 7) is 7.17.